The van der Waals surface area contributed by atoms with E-state index in [1.165, 1.54) is 44.2 Å². The average molecular weight is 442 g/mol. The predicted octanol–water partition coefficient (Wildman–Crippen LogP) is 8.02. The van der Waals surface area contributed by atoms with Gasteiger partial charge >= 0.3 is 12.7 Å². The second kappa shape index (κ2) is 10.3. The van der Waals surface area contributed by atoms with Crippen molar-refractivity contribution < 1.29 is 31.4 Å². The molecule has 31 heavy (non-hydrogen) atoms. The predicted molar refractivity (Wildman–Crippen MR) is 108 cm³/mol. The fourth-order valence-corrected chi connectivity index (χ4v) is 4.17. The van der Waals surface area contributed by atoms with Crippen LogP contribution in [0.4, 0.5) is 22.0 Å². The molecule has 0 atom stereocenters. The van der Waals surface area contributed by atoms with Gasteiger partial charge < -0.3 is 9.47 Å². The lowest BCUT2D eigenvalue weighted by Gasteiger charge is -2.29. The van der Waals surface area contributed by atoms with Crippen molar-refractivity contribution in [3.63, 3.8) is 0 Å². The molecular formula is C24H27F5O2. The smallest absolute Gasteiger partial charge is 0.426 e. The van der Waals surface area contributed by atoms with Gasteiger partial charge in [0, 0.05) is 6.07 Å². The average Bonchev–Trinajstić information content (AvgIpc) is 2.74. The molecule has 2 aromatic rings. The molecule has 0 spiro atoms. The van der Waals surface area contributed by atoms with Gasteiger partial charge in [0.25, 0.3) is 0 Å². The summed E-state index contributed by atoms with van der Waals surface area (Å²) in [5.74, 6) is -1.29. The van der Waals surface area contributed by atoms with E-state index in [1.807, 2.05) is 0 Å². The van der Waals surface area contributed by atoms with Crippen molar-refractivity contribution in [2.75, 3.05) is 0 Å². The van der Waals surface area contributed by atoms with Crippen molar-refractivity contribution in [3.05, 3.63) is 59.4 Å². The quantitative estimate of drug-likeness (QED) is 0.366. The molecule has 0 saturated heterocycles. The van der Waals surface area contributed by atoms with Crippen molar-refractivity contribution in [1.29, 1.82) is 0 Å². The van der Waals surface area contributed by atoms with Gasteiger partial charge in [-0.3, -0.25) is 0 Å². The number of rotatable bonds is 9. The van der Waals surface area contributed by atoms with Crippen molar-refractivity contribution in [2.45, 2.75) is 70.5 Å². The molecule has 7 heteroatoms. The molecule has 1 saturated carbocycles. The van der Waals surface area contributed by atoms with Crippen LogP contribution in [-0.2, 0) is 6.11 Å². The van der Waals surface area contributed by atoms with Crippen LogP contribution in [0.1, 0.15) is 68.9 Å². The number of hydrogen-bond donors (Lipinski definition) is 0. The number of alkyl halides is 4. The number of ether oxygens (including phenoxy) is 2. The van der Waals surface area contributed by atoms with E-state index in [-0.39, 0.29) is 5.56 Å². The fourth-order valence-electron chi connectivity index (χ4n) is 4.17. The Bertz CT molecular complexity index is 830. The van der Waals surface area contributed by atoms with Crippen LogP contribution >= 0.6 is 0 Å². The van der Waals surface area contributed by atoms with E-state index in [2.05, 4.69) is 16.4 Å². The van der Waals surface area contributed by atoms with Gasteiger partial charge in [0.15, 0.2) is 11.6 Å². The van der Waals surface area contributed by atoms with E-state index in [9.17, 15) is 22.0 Å². The van der Waals surface area contributed by atoms with Gasteiger partial charge in [-0.1, -0.05) is 38.3 Å². The van der Waals surface area contributed by atoms with Gasteiger partial charge in [-0.05, 0) is 67.3 Å². The molecule has 0 bridgehead atoms. The molecule has 0 aromatic heterocycles. The van der Waals surface area contributed by atoms with Crippen LogP contribution < -0.4 is 9.47 Å². The van der Waals surface area contributed by atoms with Gasteiger partial charge in [-0.2, -0.15) is 17.6 Å². The van der Waals surface area contributed by atoms with Crippen molar-refractivity contribution in [1.82, 2.24) is 0 Å². The zero-order valence-corrected chi connectivity index (χ0v) is 17.4. The highest BCUT2D eigenvalue weighted by Crippen LogP contribution is 2.39. The highest BCUT2D eigenvalue weighted by molar-refractivity contribution is 5.34. The largest absolute Gasteiger partial charge is 0.432 e. The van der Waals surface area contributed by atoms with Gasteiger partial charge in [0.05, 0.1) is 5.56 Å². The van der Waals surface area contributed by atoms with Crippen LogP contribution in [0.25, 0.3) is 0 Å². The molecule has 2 nitrogen and oxygen atoms in total. The Hall–Kier alpha value is -2.31. The Morgan fingerprint density at radius 2 is 1.68 bits per heavy atom. The SMILES string of the molecule is CCCC[C@H]1CC[C@H](c2ccc(C(F)(F)Oc3ccc(OC(F)F)c(F)c3)cc2)CC1. The highest BCUT2D eigenvalue weighted by atomic mass is 19.3. The van der Waals surface area contributed by atoms with Crippen LogP contribution in [0.2, 0.25) is 0 Å². The van der Waals surface area contributed by atoms with E-state index in [1.54, 1.807) is 12.1 Å². The lowest BCUT2D eigenvalue weighted by atomic mass is 9.77. The minimum Gasteiger partial charge on any atom is -0.432 e. The minimum absolute atomic E-state index is 0.360. The number of benzene rings is 2. The molecular weight excluding hydrogens is 415 g/mol. The summed E-state index contributed by atoms with van der Waals surface area (Å²) in [6, 6.07) is 8.42. The third-order valence-electron chi connectivity index (χ3n) is 5.90. The first-order valence-corrected chi connectivity index (χ1v) is 10.7. The molecule has 3 rings (SSSR count). The second-order valence-corrected chi connectivity index (χ2v) is 8.07. The fraction of sp³-hybridized carbons (Fsp3) is 0.500. The summed E-state index contributed by atoms with van der Waals surface area (Å²) in [5.41, 5.74) is 0.675. The van der Waals surface area contributed by atoms with E-state index in [0.717, 1.165) is 36.5 Å². The molecule has 2 aromatic carbocycles. The van der Waals surface area contributed by atoms with E-state index in [4.69, 9.17) is 0 Å². The molecule has 0 radical (unpaired) electrons. The molecule has 0 N–H and O–H groups in total. The zero-order chi connectivity index (χ0) is 22.4. The third kappa shape index (κ3) is 6.34. The van der Waals surface area contributed by atoms with Crippen LogP contribution in [0.3, 0.4) is 0 Å². The Labute approximate surface area is 179 Å². The van der Waals surface area contributed by atoms with Gasteiger partial charge in [0.1, 0.15) is 5.75 Å². The summed E-state index contributed by atoms with van der Waals surface area (Å²) in [7, 11) is 0. The highest BCUT2D eigenvalue weighted by Gasteiger charge is 2.35. The lowest BCUT2D eigenvalue weighted by molar-refractivity contribution is -0.185. The molecule has 0 aliphatic heterocycles. The first kappa shape index (κ1) is 23.4. The maximum Gasteiger partial charge on any atom is 0.426 e. The molecule has 1 aliphatic rings. The molecule has 0 amide bonds. The third-order valence-corrected chi connectivity index (χ3v) is 5.90. The molecule has 0 unspecified atom stereocenters. The zero-order valence-electron chi connectivity index (χ0n) is 17.4. The lowest BCUT2D eigenvalue weighted by Crippen LogP contribution is -2.22. The normalized spacial score (nSPS) is 19.5. The summed E-state index contributed by atoms with van der Waals surface area (Å²) in [6.45, 7) is -1.02. The number of hydrogen-bond acceptors (Lipinski definition) is 2. The Morgan fingerprint density at radius 3 is 2.26 bits per heavy atom. The molecule has 1 fully saturated rings. The first-order valence-electron chi connectivity index (χ1n) is 10.7. The summed E-state index contributed by atoms with van der Waals surface area (Å²) >= 11 is 0. The maximum absolute atomic E-state index is 14.5. The van der Waals surface area contributed by atoms with Crippen molar-refractivity contribution in [2.24, 2.45) is 5.92 Å². The second-order valence-electron chi connectivity index (χ2n) is 8.07. The summed E-state index contributed by atoms with van der Waals surface area (Å²) in [5, 5.41) is 0. The number of unbranched alkanes of at least 4 members (excludes halogenated alkanes) is 1. The van der Waals surface area contributed by atoms with Gasteiger partial charge in [-0.25, -0.2) is 4.39 Å². The monoisotopic (exact) mass is 442 g/mol. The standard InChI is InChI=1S/C24H27F5O2/c1-2-3-4-16-5-7-17(8-6-16)18-9-11-19(12-10-18)24(28,29)31-20-13-14-22(21(25)15-20)30-23(26)27/h9-17,23H,2-8H2,1H3/t16-,17-. The first-order chi connectivity index (χ1) is 14.8. The van der Waals surface area contributed by atoms with Crippen LogP contribution in [0, 0.1) is 11.7 Å². The Morgan fingerprint density at radius 1 is 1.00 bits per heavy atom. The summed E-state index contributed by atoms with van der Waals surface area (Å²) < 4.78 is 75.8. The molecule has 1 aliphatic carbocycles. The maximum atomic E-state index is 14.5. The summed E-state index contributed by atoms with van der Waals surface area (Å²) in [6.07, 6.45) is 4.49. The van der Waals surface area contributed by atoms with Crippen LogP contribution in [0.5, 0.6) is 11.5 Å². The van der Waals surface area contributed by atoms with Crippen LogP contribution in [-0.4, -0.2) is 6.61 Å². The summed E-state index contributed by atoms with van der Waals surface area (Å²) in [4.78, 5) is 0. The topological polar surface area (TPSA) is 18.5 Å². The minimum atomic E-state index is -3.70. The Kier molecular flexibility index (Phi) is 7.79. The van der Waals surface area contributed by atoms with Gasteiger partial charge in [0.2, 0.25) is 0 Å². The molecule has 0 heterocycles. The van der Waals surface area contributed by atoms with E-state index in [0.29, 0.717) is 12.0 Å². The van der Waals surface area contributed by atoms with E-state index < -0.39 is 30.0 Å². The molecule has 170 valence electrons. The van der Waals surface area contributed by atoms with Crippen LogP contribution in [0.15, 0.2) is 42.5 Å². The van der Waals surface area contributed by atoms with Crippen molar-refractivity contribution in [3.8, 4) is 11.5 Å². The Balaban J connectivity index is 1.61. The van der Waals surface area contributed by atoms with Crippen molar-refractivity contribution >= 4 is 0 Å². The van der Waals surface area contributed by atoms with Gasteiger partial charge in [-0.15, -0.1) is 0 Å². The number of halogens is 5. The van der Waals surface area contributed by atoms with E-state index >= 15 is 0 Å².